The third-order valence-corrected chi connectivity index (χ3v) is 10.8. The van der Waals surface area contributed by atoms with Gasteiger partial charge in [-0.25, -0.2) is 0 Å². The van der Waals surface area contributed by atoms with E-state index in [0.717, 1.165) is 22.3 Å². The summed E-state index contributed by atoms with van der Waals surface area (Å²) in [6.07, 6.45) is 0. The van der Waals surface area contributed by atoms with Crippen LogP contribution in [-0.2, 0) is 0 Å². The molecule has 0 aliphatic carbocycles. The van der Waals surface area contributed by atoms with Crippen molar-refractivity contribution in [1.29, 1.82) is 0 Å². The van der Waals surface area contributed by atoms with Gasteiger partial charge >= 0.3 is 0 Å². The summed E-state index contributed by atoms with van der Waals surface area (Å²) in [4.78, 5) is 0. The summed E-state index contributed by atoms with van der Waals surface area (Å²) in [5.74, 6) is 0. The SMILES string of the molecule is c1ccc(-c2ccc3c(-c4c5ccccc5c(-c5ccc(-c6ccc7ccccc7c6)cc5)c5ccccc45)cc4cccc5oc2c3c45)cc1. The van der Waals surface area contributed by atoms with E-state index < -0.39 is 0 Å². The predicted octanol–water partition coefficient (Wildman–Crippen LogP) is 14.3. The minimum Gasteiger partial charge on any atom is -0.455 e. The summed E-state index contributed by atoms with van der Waals surface area (Å²) in [7, 11) is 0. The van der Waals surface area contributed by atoms with Crippen LogP contribution in [-0.4, -0.2) is 0 Å². The van der Waals surface area contributed by atoms with Crippen LogP contribution in [0, 0.1) is 0 Å². The lowest BCUT2D eigenvalue weighted by atomic mass is 9.83. The van der Waals surface area contributed by atoms with Gasteiger partial charge in [0.05, 0.1) is 0 Å². The van der Waals surface area contributed by atoms with Crippen LogP contribution in [0.3, 0.4) is 0 Å². The highest BCUT2D eigenvalue weighted by atomic mass is 16.3. The van der Waals surface area contributed by atoms with Crippen LogP contribution in [0.1, 0.15) is 0 Å². The van der Waals surface area contributed by atoms with E-state index >= 15 is 0 Å². The maximum absolute atomic E-state index is 6.71. The van der Waals surface area contributed by atoms with Crippen LogP contribution in [0.2, 0.25) is 0 Å². The average Bonchev–Trinajstić information content (AvgIpc) is 3.60. The van der Waals surface area contributed by atoms with Gasteiger partial charge in [-0.05, 0) is 106 Å². The van der Waals surface area contributed by atoms with Crippen LogP contribution in [0.25, 0.3) is 110 Å². The molecule has 1 heteroatoms. The zero-order valence-corrected chi connectivity index (χ0v) is 27.7. The monoisotopic (exact) mass is 646 g/mol. The van der Waals surface area contributed by atoms with Crippen LogP contribution >= 0.6 is 0 Å². The van der Waals surface area contributed by atoms with Gasteiger partial charge in [-0.3, -0.25) is 0 Å². The van der Waals surface area contributed by atoms with E-state index in [4.69, 9.17) is 4.42 Å². The van der Waals surface area contributed by atoms with Crippen molar-refractivity contribution in [1.82, 2.24) is 0 Å². The van der Waals surface area contributed by atoms with E-state index in [-0.39, 0.29) is 0 Å². The number of benzene rings is 10. The van der Waals surface area contributed by atoms with E-state index in [1.165, 1.54) is 87.2 Å². The second kappa shape index (κ2) is 10.9. The maximum atomic E-state index is 6.71. The van der Waals surface area contributed by atoms with Crippen molar-refractivity contribution in [3.05, 3.63) is 182 Å². The van der Waals surface area contributed by atoms with E-state index in [9.17, 15) is 0 Å². The van der Waals surface area contributed by atoms with Crippen molar-refractivity contribution in [3.8, 4) is 44.5 Å². The first-order valence-corrected chi connectivity index (χ1v) is 17.6. The molecule has 51 heavy (non-hydrogen) atoms. The van der Waals surface area contributed by atoms with Gasteiger partial charge in [-0.2, -0.15) is 0 Å². The van der Waals surface area contributed by atoms with Crippen molar-refractivity contribution in [2.24, 2.45) is 0 Å². The molecule has 0 saturated heterocycles. The van der Waals surface area contributed by atoms with Gasteiger partial charge in [0, 0.05) is 16.3 Å². The Bertz CT molecular complexity index is 3050. The minimum absolute atomic E-state index is 0.930. The minimum atomic E-state index is 0.930. The average molecular weight is 647 g/mol. The summed E-state index contributed by atoms with van der Waals surface area (Å²) in [6.45, 7) is 0. The Kier molecular flexibility index (Phi) is 6.02. The van der Waals surface area contributed by atoms with Gasteiger partial charge in [0.15, 0.2) is 0 Å². The Morgan fingerprint density at radius 2 is 0.902 bits per heavy atom. The molecule has 0 amide bonds. The molecule has 0 bridgehead atoms. The third-order valence-electron chi connectivity index (χ3n) is 10.8. The van der Waals surface area contributed by atoms with E-state index in [0.29, 0.717) is 0 Å². The van der Waals surface area contributed by atoms with Crippen LogP contribution < -0.4 is 0 Å². The Morgan fingerprint density at radius 3 is 1.65 bits per heavy atom. The first-order chi connectivity index (χ1) is 25.3. The second-order valence-corrected chi connectivity index (χ2v) is 13.6. The fourth-order valence-corrected chi connectivity index (χ4v) is 8.51. The number of rotatable bonds is 4. The van der Waals surface area contributed by atoms with Gasteiger partial charge in [0.2, 0.25) is 0 Å². The zero-order chi connectivity index (χ0) is 33.5. The lowest BCUT2D eigenvalue weighted by Crippen LogP contribution is -1.92. The normalized spacial score (nSPS) is 11.9. The van der Waals surface area contributed by atoms with E-state index in [2.05, 4.69) is 182 Å². The topological polar surface area (TPSA) is 13.1 Å². The molecular weight excluding hydrogens is 617 g/mol. The highest BCUT2D eigenvalue weighted by Crippen LogP contribution is 2.50. The quantitative estimate of drug-likeness (QED) is 0.137. The molecule has 0 atom stereocenters. The molecule has 10 aromatic carbocycles. The standard InChI is InChI=1S/C50H30O/c1-2-12-33(13-3-1)38-27-28-43-44(30-37-15-10-20-45-47(37)49(43)50(38)51-45)48-41-18-8-6-16-39(41)46(40-17-7-9-19-42(40)48)34-24-21-32(22-25-34)36-26-23-31-11-4-5-14-35(31)29-36/h1-30H. The molecule has 0 N–H and O–H groups in total. The molecule has 1 heterocycles. The summed E-state index contributed by atoms with van der Waals surface area (Å²) in [5, 5.41) is 12.3. The van der Waals surface area contributed by atoms with Gasteiger partial charge in [0.1, 0.15) is 11.2 Å². The van der Waals surface area contributed by atoms with E-state index in [1.54, 1.807) is 0 Å². The molecule has 1 nitrogen and oxygen atoms in total. The fourth-order valence-electron chi connectivity index (χ4n) is 8.51. The maximum Gasteiger partial charge on any atom is 0.143 e. The molecule has 0 aliphatic rings. The molecule has 0 saturated carbocycles. The lowest BCUT2D eigenvalue weighted by molar-refractivity contribution is 0.670. The molecule has 1 aromatic heterocycles. The molecule has 0 radical (unpaired) electrons. The fraction of sp³-hybridized carbons (Fsp3) is 0. The van der Waals surface area contributed by atoms with Crippen molar-refractivity contribution in [2.75, 3.05) is 0 Å². The number of hydrogen-bond donors (Lipinski definition) is 0. The zero-order valence-electron chi connectivity index (χ0n) is 27.7. The molecule has 0 spiro atoms. The summed E-state index contributed by atoms with van der Waals surface area (Å²) < 4.78 is 6.71. The van der Waals surface area contributed by atoms with Crippen LogP contribution in [0.15, 0.2) is 186 Å². The van der Waals surface area contributed by atoms with Crippen LogP contribution in [0.4, 0.5) is 0 Å². The first kappa shape index (κ1) is 28.2. The lowest BCUT2D eigenvalue weighted by Gasteiger charge is -2.19. The Balaban J connectivity index is 1.16. The summed E-state index contributed by atoms with van der Waals surface area (Å²) >= 11 is 0. The molecule has 11 rings (SSSR count). The first-order valence-electron chi connectivity index (χ1n) is 17.6. The van der Waals surface area contributed by atoms with Crippen molar-refractivity contribution in [3.63, 3.8) is 0 Å². The number of fused-ring (bicyclic) bond motifs is 3. The third kappa shape index (κ3) is 4.22. The van der Waals surface area contributed by atoms with Gasteiger partial charge in [0.25, 0.3) is 0 Å². The molecule has 236 valence electrons. The van der Waals surface area contributed by atoms with Gasteiger partial charge in [-0.1, -0.05) is 158 Å². The second-order valence-electron chi connectivity index (χ2n) is 13.6. The predicted molar refractivity (Wildman–Crippen MR) is 217 cm³/mol. The molecular formula is C50H30O. The summed E-state index contributed by atoms with van der Waals surface area (Å²) in [6, 6.07) is 66.2. The van der Waals surface area contributed by atoms with Gasteiger partial charge in [-0.15, -0.1) is 0 Å². The number of furan rings is 1. The molecule has 0 aliphatic heterocycles. The Morgan fingerprint density at radius 1 is 0.294 bits per heavy atom. The largest absolute Gasteiger partial charge is 0.455 e. The van der Waals surface area contributed by atoms with E-state index in [1.807, 2.05) is 0 Å². The number of hydrogen-bond acceptors (Lipinski definition) is 1. The Hall–Kier alpha value is -6.70. The summed E-state index contributed by atoms with van der Waals surface area (Å²) in [5.41, 5.74) is 11.6. The van der Waals surface area contributed by atoms with Crippen molar-refractivity contribution < 1.29 is 4.42 Å². The van der Waals surface area contributed by atoms with Crippen LogP contribution in [0.5, 0.6) is 0 Å². The highest BCUT2D eigenvalue weighted by molar-refractivity contribution is 6.31. The highest BCUT2D eigenvalue weighted by Gasteiger charge is 2.23. The smallest absolute Gasteiger partial charge is 0.143 e. The molecule has 0 fully saturated rings. The molecule has 0 unspecified atom stereocenters. The van der Waals surface area contributed by atoms with Crippen molar-refractivity contribution in [2.45, 2.75) is 0 Å². The Labute approximate surface area is 295 Å². The molecule has 11 aromatic rings. The van der Waals surface area contributed by atoms with Gasteiger partial charge < -0.3 is 4.42 Å². The van der Waals surface area contributed by atoms with Crippen molar-refractivity contribution >= 4 is 65.0 Å².